The molecular weight excluding hydrogens is 190 g/mol. The number of rotatable bonds is 2. The van der Waals surface area contributed by atoms with Crippen LogP contribution in [0.1, 0.15) is 13.3 Å². The van der Waals surface area contributed by atoms with Crippen molar-refractivity contribution in [3.8, 4) is 0 Å². The third-order valence-electron chi connectivity index (χ3n) is 2.17. The molecule has 4 nitrogen and oxygen atoms in total. The van der Waals surface area contributed by atoms with Crippen LogP contribution in [0.4, 0.5) is 0 Å². The molecular formula is C8H13NO3S. The first-order valence-electron chi connectivity index (χ1n) is 4.15. The number of hydrogen-bond acceptors (Lipinski definition) is 5. The minimum Gasteiger partial charge on any atom is -0.468 e. The highest BCUT2D eigenvalue weighted by Gasteiger charge is 2.37. The molecule has 0 aromatic heterocycles. The second-order valence-electron chi connectivity index (χ2n) is 2.87. The molecule has 13 heavy (non-hydrogen) atoms. The van der Waals surface area contributed by atoms with Crippen LogP contribution in [-0.2, 0) is 9.53 Å². The van der Waals surface area contributed by atoms with Crippen LogP contribution < -0.4 is 0 Å². The lowest BCUT2D eigenvalue weighted by Gasteiger charge is -2.08. The maximum absolute atomic E-state index is 11.2. The minimum atomic E-state index is -0.403. The number of ether oxygens (including phenoxy) is 1. The maximum atomic E-state index is 11.2. The van der Waals surface area contributed by atoms with Gasteiger partial charge in [0, 0.05) is 11.7 Å². The molecule has 0 aromatic carbocycles. The summed E-state index contributed by atoms with van der Waals surface area (Å²) in [5, 5.41) is 11.5. The first kappa shape index (κ1) is 10.4. The van der Waals surface area contributed by atoms with Crippen molar-refractivity contribution in [3.63, 3.8) is 0 Å². The molecule has 1 fully saturated rings. The predicted molar refractivity (Wildman–Crippen MR) is 51.3 cm³/mol. The van der Waals surface area contributed by atoms with Gasteiger partial charge in [0.15, 0.2) is 0 Å². The molecule has 1 aliphatic rings. The Hall–Kier alpha value is -0.710. The van der Waals surface area contributed by atoms with Gasteiger partial charge in [-0.05, 0) is 6.42 Å². The number of oxime groups is 1. The standard InChI is InChI=1S/C8H13NO3S/c1-3-5-4-13-7(6(5)9-11)8(10)12-2/h5,7,11H,3-4H2,1-2H3. The molecule has 0 bridgehead atoms. The normalized spacial score (nSPS) is 30.8. The number of nitrogens with zero attached hydrogens (tertiary/aromatic N) is 1. The topological polar surface area (TPSA) is 58.9 Å². The Labute approximate surface area is 81.3 Å². The Morgan fingerprint density at radius 1 is 1.85 bits per heavy atom. The summed E-state index contributed by atoms with van der Waals surface area (Å²) in [5.41, 5.74) is 0.555. The van der Waals surface area contributed by atoms with Gasteiger partial charge in [-0.25, -0.2) is 0 Å². The molecule has 1 saturated heterocycles. The van der Waals surface area contributed by atoms with Crippen molar-refractivity contribution >= 4 is 23.4 Å². The zero-order valence-corrected chi connectivity index (χ0v) is 8.50. The van der Waals surface area contributed by atoms with Crippen LogP contribution in [0.3, 0.4) is 0 Å². The minimum absolute atomic E-state index is 0.207. The highest BCUT2D eigenvalue weighted by Crippen LogP contribution is 2.31. The third kappa shape index (κ3) is 1.96. The molecule has 0 aliphatic carbocycles. The van der Waals surface area contributed by atoms with Gasteiger partial charge < -0.3 is 9.94 Å². The van der Waals surface area contributed by atoms with Crippen LogP contribution in [0.25, 0.3) is 0 Å². The smallest absolute Gasteiger partial charge is 0.324 e. The van der Waals surface area contributed by atoms with Crippen molar-refractivity contribution in [2.45, 2.75) is 18.6 Å². The van der Waals surface area contributed by atoms with E-state index in [1.807, 2.05) is 6.92 Å². The molecule has 0 spiro atoms. The zero-order valence-electron chi connectivity index (χ0n) is 7.69. The van der Waals surface area contributed by atoms with E-state index in [0.29, 0.717) is 5.71 Å². The van der Waals surface area contributed by atoms with Gasteiger partial charge in [0.25, 0.3) is 0 Å². The summed E-state index contributed by atoms with van der Waals surface area (Å²) in [4.78, 5) is 11.2. The highest BCUT2D eigenvalue weighted by molar-refractivity contribution is 8.01. The number of methoxy groups -OCH3 is 1. The van der Waals surface area contributed by atoms with E-state index in [4.69, 9.17) is 5.21 Å². The average Bonchev–Trinajstić information content (AvgIpc) is 2.58. The molecule has 2 atom stereocenters. The number of hydrogen-bond donors (Lipinski definition) is 1. The van der Waals surface area contributed by atoms with Gasteiger partial charge in [-0.2, -0.15) is 0 Å². The summed E-state index contributed by atoms with van der Waals surface area (Å²) in [6, 6.07) is 0. The van der Waals surface area contributed by atoms with Crippen molar-refractivity contribution in [2.75, 3.05) is 12.9 Å². The second kappa shape index (κ2) is 4.50. The van der Waals surface area contributed by atoms with Crippen LogP contribution in [-0.4, -0.2) is 35.0 Å². The molecule has 1 N–H and O–H groups in total. The first-order chi connectivity index (χ1) is 6.24. The largest absolute Gasteiger partial charge is 0.468 e. The monoisotopic (exact) mass is 203 g/mol. The fourth-order valence-corrected chi connectivity index (χ4v) is 2.83. The summed E-state index contributed by atoms with van der Waals surface area (Å²) in [5.74, 6) is 0.711. The molecule has 5 heteroatoms. The molecule has 2 unspecified atom stereocenters. The molecule has 1 heterocycles. The molecule has 1 rings (SSSR count). The van der Waals surface area contributed by atoms with Crippen molar-refractivity contribution in [3.05, 3.63) is 0 Å². The Balaban J connectivity index is 2.74. The van der Waals surface area contributed by atoms with E-state index in [-0.39, 0.29) is 11.9 Å². The lowest BCUT2D eigenvalue weighted by atomic mass is 10.0. The fraction of sp³-hybridized carbons (Fsp3) is 0.750. The summed E-state index contributed by atoms with van der Waals surface area (Å²) in [7, 11) is 1.34. The lowest BCUT2D eigenvalue weighted by molar-refractivity contribution is -0.138. The van der Waals surface area contributed by atoms with Gasteiger partial charge in [0.05, 0.1) is 12.8 Å². The van der Waals surface area contributed by atoms with Gasteiger partial charge >= 0.3 is 5.97 Å². The van der Waals surface area contributed by atoms with Crippen LogP contribution in [0.15, 0.2) is 5.16 Å². The SMILES string of the molecule is CCC1CSC(C(=O)OC)C1=NO. The van der Waals surface area contributed by atoms with Crippen LogP contribution in [0.2, 0.25) is 0 Å². The van der Waals surface area contributed by atoms with E-state index in [9.17, 15) is 4.79 Å². The molecule has 74 valence electrons. The predicted octanol–water partition coefficient (Wildman–Crippen LogP) is 1.13. The van der Waals surface area contributed by atoms with Gasteiger partial charge in [0.2, 0.25) is 0 Å². The van der Waals surface area contributed by atoms with Crippen LogP contribution in [0, 0.1) is 5.92 Å². The number of thioether (sulfide) groups is 1. The van der Waals surface area contributed by atoms with E-state index in [1.54, 1.807) is 0 Å². The molecule has 1 aliphatic heterocycles. The molecule has 0 amide bonds. The van der Waals surface area contributed by atoms with Gasteiger partial charge in [-0.1, -0.05) is 12.1 Å². The van der Waals surface area contributed by atoms with E-state index >= 15 is 0 Å². The summed E-state index contributed by atoms with van der Waals surface area (Å²) in [6.07, 6.45) is 0.889. The van der Waals surface area contributed by atoms with Crippen LogP contribution in [0.5, 0.6) is 0 Å². The zero-order chi connectivity index (χ0) is 9.84. The fourth-order valence-electron chi connectivity index (χ4n) is 1.35. The van der Waals surface area contributed by atoms with E-state index in [2.05, 4.69) is 9.89 Å². The Bertz CT molecular complexity index is 229. The maximum Gasteiger partial charge on any atom is 0.324 e. The van der Waals surface area contributed by atoms with E-state index < -0.39 is 5.25 Å². The van der Waals surface area contributed by atoms with Gasteiger partial charge in [-0.15, -0.1) is 11.8 Å². The first-order valence-corrected chi connectivity index (χ1v) is 5.20. The van der Waals surface area contributed by atoms with Gasteiger partial charge in [-0.3, -0.25) is 4.79 Å². The van der Waals surface area contributed by atoms with Crippen LogP contribution >= 0.6 is 11.8 Å². The highest BCUT2D eigenvalue weighted by atomic mass is 32.2. The summed E-state index contributed by atoms with van der Waals surface area (Å²) < 4.78 is 4.61. The second-order valence-corrected chi connectivity index (χ2v) is 4.00. The summed E-state index contributed by atoms with van der Waals surface area (Å²) in [6.45, 7) is 2.01. The van der Waals surface area contributed by atoms with Crippen molar-refractivity contribution in [2.24, 2.45) is 11.1 Å². The Morgan fingerprint density at radius 2 is 2.54 bits per heavy atom. The number of carbonyl (C=O) groups is 1. The van der Waals surface area contributed by atoms with Crippen molar-refractivity contribution in [1.29, 1.82) is 0 Å². The number of esters is 1. The van der Waals surface area contributed by atoms with E-state index in [1.165, 1.54) is 18.9 Å². The quantitative estimate of drug-likeness (QED) is 0.415. The summed E-state index contributed by atoms with van der Waals surface area (Å²) >= 11 is 1.48. The Morgan fingerprint density at radius 3 is 3.00 bits per heavy atom. The van der Waals surface area contributed by atoms with E-state index in [0.717, 1.165) is 12.2 Å². The lowest BCUT2D eigenvalue weighted by Crippen LogP contribution is -2.27. The molecule has 0 saturated carbocycles. The Kier molecular flexibility index (Phi) is 3.59. The molecule has 0 aromatic rings. The average molecular weight is 203 g/mol. The number of carbonyl (C=O) groups excluding carboxylic acids is 1. The van der Waals surface area contributed by atoms with Crippen molar-refractivity contribution < 1.29 is 14.7 Å². The molecule has 0 radical (unpaired) electrons. The third-order valence-corrected chi connectivity index (χ3v) is 3.54. The van der Waals surface area contributed by atoms with Crippen molar-refractivity contribution in [1.82, 2.24) is 0 Å². The van der Waals surface area contributed by atoms with Gasteiger partial charge in [0.1, 0.15) is 5.25 Å².